The van der Waals surface area contributed by atoms with Gasteiger partial charge >= 0.3 is 5.97 Å². The average molecular weight is 226 g/mol. The number of hydrogen-bond donors (Lipinski definition) is 0. The van der Waals surface area contributed by atoms with Gasteiger partial charge in [0.1, 0.15) is 0 Å². The summed E-state index contributed by atoms with van der Waals surface area (Å²) in [6.07, 6.45) is 2.46. The van der Waals surface area contributed by atoms with Crippen molar-refractivity contribution in [1.82, 2.24) is 0 Å². The van der Waals surface area contributed by atoms with Crippen molar-refractivity contribution in [3.05, 3.63) is 0 Å². The molecule has 0 amide bonds. The molecule has 0 spiro atoms. The summed E-state index contributed by atoms with van der Waals surface area (Å²) in [5, 5.41) is 8.75. The van der Waals surface area contributed by atoms with Gasteiger partial charge in [-0.2, -0.15) is 17.0 Å². The Kier molecular flexibility index (Phi) is 5.19. The first kappa shape index (κ1) is 12.1. The van der Waals surface area contributed by atoms with Crippen LogP contribution in [0.25, 0.3) is 0 Å². The number of rotatable bonds is 4. The highest BCUT2D eigenvalue weighted by Gasteiger charge is 2.18. The predicted octanol–water partition coefficient (Wildman–Crippen LogP) is 1.27. The second-order valence-corrected chi connectivity index (χ2v) is 4.32. The van der Waals surface area contributed by atoms with Crippen molar-refractivity contribution in [2.45, 2.75) is 19.4 Å². The summed E-state index contributed by atoms with van der Waals surface area (Å²) < 4.78 is 4.75. The summed E-state index contributed by atoms with van der Waals surface area (Å²) in [5.41, 5.74) is 0. The Balaban J connectivity index is 2.45. The first-order valence-electron chi connectivity index (χ1n) is 4.95. The molecule has 0 radical (unpaired) electrons. The number of esters is 1. The highest BCUT2D eigenvalue weighted by Crippen LogP contribution is 2.19. The van der Waals surface area contributed by atoms with E-state index in [0.717, 1.165) is 17.9 Å². The molecule has 0 unspecified atom stereocenters. The zero-order valence-corrected chi connectivity index (χ0v) is 9.50. The normalized spacial score (nSPS) is 22.5. The van der Waals surface area contributed by atoms with Crippen LogP contribution >= 0.6 is 11.8 Å². The van der Waals surface area contributed by atoms with E-state index in [2.05, 4.69) is 4.99 Å². The van der Waals surface area contributed by atoms with Crippen molar-refractivity contribution in [3.63, 3.8) is 0 Å². The van der Waals surface area contributed by atoms with Gasteiger partial charge in [0.05, 0.1) is 18.7 Å². The van der Waals surface area contributed by atoms with Gasteiger partial charge in [-0.3, -0.25) is 9.79 Å². The molecule has 0 aromatic carbocycles. The van der Waals surface area contributed by atoms with E-state index in [1.54, 1.807) is 6.92 Å². The van der Waals surface area contributed by atoms with Gasteiger partial charge < -0.3 is 4.74 Å². The molecule has 1 heterocycles. The number of ether oxygens (including phenoxy) is 1. The molecule has 82 valence electrons. The van der Waals surface area contributed by atoms with Crippen molar-refractivity contribution >= 4 is 23.9 Å². The lowest BCUT2D eigenvalue weighted by Gasteiger charge is -2.04. The number of nitrogens with zero attached hydrogens (tertiary/aromatic N) is 2. The van der Waals surface area contributed by atoms with E-state index >= 15 is 0 Å². The maximum absolute atomic E-state index is 11.2. The summed E-state index contributed by atoms with van der Waals surface area (Å²) in [5.74, 6) is 0.737. The van der Waals surface area contributed by atoms with Crippen LogP contribution in [0.4, 0.5) is 0 Å². The molecule has 5 heteroatoms. The van der Waals surface area contributed by atoms with Crippen LogP contribution in [0.1, 0.15) is 13.3 Å². The highest BCUT2D eigenvalue weighted by atomic mass is 32.2. The Morgan fingerprint density at radius 3 is 3.20 bits per heavy atom. The van der Waals surface area contributed by atoms with Crippen LogP contribution in [-0.2, 0) is 9.53 Å². The summed E-state index contributed by atoms with van der Waals surface area (Å²) in [6.45, 7) is 2.02. The second kappa shape index (κ2) is 6.46. The van der Waals surface area contributed by atoms with Gasteiger partial charge in [-0.05, 0) is 19.1 Å². The molecule has 1 fully saturated rings. The lowest BCUT2D eigenvalue weighted by Crippen LogP contribution is -2.18. The fourth-order valence-corrected chi connectivity index (χ4v) is 2.36. The lowest BCUT2D eigenvalue weighted by atomic mass is 10.2. The zero-order valence-electron chi connectivity index (χ0n) is 8.68. The molecule has 0 N–H and O–H groups in total. The summed E-state index contributed by atoms with van der Waals surface area (Å²) >= 11 is 1.85. The number of carbonyl (C=O) groups excluding carboxylic acids is 1. The van der Waals surface area contributed by atoms with E-state index in [4.69, 9.17) is 10.00 Å². The van der Waals surface area contributed by atoms with Gasteiger partial charge in [0.2, 0.25) is 0 Å². The SMILES string of the molecule is CCOC(=O)[C@@H](C#N)C=N[C@H]1CCSC1. The quantitative estimate of drug-likeness (QED) is 0.535. The van der Waals surface area contributed by atoms with Gasteiger partial charge in [-0.1, -0.05) is 0 Å². The number of thioether (sulfide) groups is 1. The average Bonchev–Trinajstić information content (AvgIpc) is 2.72. The molecular weight excluding hydrogens is 212 g/mol. The van der Waals surface area contributed by atoms with Crippen LogP contribution in [0, 0.1) is 17.2 Å². The molecule has 1 aliphatic heterocycles. The summed E-state index contributed by atoms with van der Waals surface area (Å²) in [7, 11) is 0. The minimum Gasteiger partial charge on any atom is -0.465 e. The number of aliphatic imine (C=N–C) groups is 1. The van der Waals surface area contributed by atoms with E-state index in [9.17, 15) is 4.79 Å². The topological polar surface area (TPSA) is 62.5 Å². The number of hydrogen-bond acceptors (Lipinski definition) is 5. The lowest BCUT2D eigenvalue weighted by molar-refractivity contribution is -0.143. The van der Waals surface area contributed by atoms with Crippen molar-refractivity contribution < 1.29 is 9.53 Å². The first-order valence-corrected chi connectivity index (χ1v) is 6.10. The molecule has 0 aromatic rings. The second-order valence-electron chi connectivity index (χ2n) is 3.17. The van der Waals surface area contributed by atoms with Gasteiger partial charge in [-0.15, -0.1) is 0 Å². The van der Waals surface area contributed by atoms with Crippen LogP contribution < -0.4 is 0 Å². The zero-order chi connectivity index (χ0) is 11.1. The van der Waals surface area contributed by atoms with Crippen LogP contribution in [-0.4, -0.2) is 36.3 Å². The smallest absolute Gasteiger partial charge is 0.328 e. The third kappa shape index (κ3) is 3.92. The predicted molar refractivity (Wildman–Crippen MR) is 60.0 cm³/mol. The molecule has 0 bridgehead atoms. The largest absolute Gasteiger partial charge is 0.465 e. The van der Waals surface area contributed by atoms with Crippen molar-refractivity contribution in [1.29, 1.82) is 5.26 Å². The highest BCUT2D eigenvalue weighted by molar-refractivity contribution is 7.99. The number of carbonyl (C=O) groups is 1. The van der Waals surface area contributed by atoms with Crippen LogP contribution in [0.5, 0.6) is 0 Å². The minimum atomic E-state index is -0.851. The Morgan fingerprint density at radius 1 is 1.87 bits per heavy atom. The molecule has 15 heavy (non-hydrogen) atoms. The summed E-state index contributed by atoms with van der Waals surface area (Å²) in [6, 6.07) is 2.14. The van der Waals surface area contributed by atoms with E-state index in [0.29, 0.717) is 6.61 Å². The molecule has 0 saturated carbocycles. The van der Waals surface area contributed by atoms with Gasteiger partial charge in [0, 0.05) is 12.0 Å². The van der Waals surface area contributed by atoms with E-state index in [-0.39, 0.29) is 6.04 Å². The van der Waals surface area contributed by atoms with E-state index < -0.39 is 11.9 Å². The molecule has 1 aliphatic rings. The van der Waals surface area contributed by atoms with E-state index in [1.807, 2.05) is 17.8 Å². The fourth-order valence-electron chi connectivity index (χ4n) is 1.23. The fraction of sp³-hybridized carbons (Fsp3) is 0.700. The Morgan fingerprint density at radius 2 is 2.67 bits per heavy atom. The minimum absolute atomic E-state index is 0.264. The van der Waals surface area contributed by atoms with Gasteiger partial charge in [0.25, 0.3) is 0 Å². The van der Waals surface area contributed by atoms with Crippen LogP contribution in [0.15, 0.2) is 4.99 Å². The first-order chi connectivity index (χ1) is 7.27. The molecule has 1 saturated heterocycles. The molecule has 2 atom stereocenters. The molecule has 0 aliphatic carbocycles. The standard InChI is InChI=1S/C10H14N2O2S/c1-2-14-10(13)8(5-11)6-12-9-3-4-15-7-9/h6,8-9H,2-4,7H2,1H3/t8-,9-/m0/s1. The van der Waals surface area contributed by atoms with E-state index in [1.165, 1.54) is 6.21 Å². The van der Waals surface area contributed by atoms with Crippen molar-refractivity contribution in [3.8, 4) is 6.07 Å². The third-order valence-corrected chi connectivity index (χ3v) is 3.18. The van der Waals surface area contributed by atoms with Gasteiger partial charge in [-0.25, -0.2) is 0 Å². The summed E-state index contributed by atoms with van der Waals surface area (Å²) in [4.78, 5) is 15.5. The third-order valence-electron chi connectivity index (χ3n) is 2.03. The Hall–Kier alpha value is -1.02. The Labute approximate surface area is 93.7 Å². The molecule has 1 rings (SSSR count). The van der Waals surface area contributed by atoms with Crippen LogP contribution in [0.2, 0.25) is 0 Å². The van der Waals surface area contributed by atoms with Crippen molar-refractivity contribution in [2.75, 3.05) is 18.1 Å². The molecule has 4 nitrogen and oxygen atoms in total. The molecular formula is C10H14N2O2S. The van der Waals surface area contributed by atoms with Crippen LogP contribution in [0.3, 0.4) is 0 Å². The van der Waals surface area contributed by atoms with Gasteiger partial charge in [0.15, 0.2) is 5.92 Å². The Bertz CT molecular complexity index is 280. The molecule has 0 aromatic heterocycles. The maximum Gasteiger partial charge on any atom is 0.328 e. The number of nitriles is 1. The van der Waals surface area contributed by atoms with Crippen molar-refractivity contribution in [2.24, 2.45) is 10.9 Å². The monoisotopic (exact) mass is 226 g/mol. The maximum atomic E-state index is 11.2.